The molecule has 3 aliphatic rings. The molecule has 2 heteroatoms. The Morgan fingerprint density at radius 2 is 1.19 bits per heavy atom. The van der Waals surface area contributed by atoms with Crippen molar-refractivity contribution in [3.63, 3.8) is 0 Å². The lowest BCUT2D eigenvalue weighted by Gasteiger charge is -2.30. The van der Waals surface area contributed by atoms with Crippen molar-refractivity contribution in [3.05, 3.63) is 131 Å². The van der Waals surface area contributed by atoms with E-state index in [2.05, 4.69) is 78.9 Å². The van der Waals surface area contributed by atoms with Crippen LogP contribution in [0.3, 0.4) is 0 Å². The first-order valence-corrected chi connectivity index (χ1v) is 11.1. The van der Waals surface area contributed by atoms with Crippen LogP contribution in [0.2, 0.25) is 0 Å². The number of hydrogen-bond acceptors (Lipinski definition) is 2. The van der Waals surface area contributed by atoms with E-state index in [9.17, 15) is 0 Å². The number of aromatic nitrogens is 2. The number of fused-ring (bicyclic) bond motifs is 13. The molecule has 0 saturated carbocycles. The summed E-state index contributed by atoms with van der Waals surface area (Å²) in [6.45, 7) is 0. The summed E-state index contributed by atoms with van der Waals surface area (Å²) < 4.78 is 0. The van der Waals surface area contributed by atoms with E-state index in [1.807, 2.05) is 18.5 Å². The third-order valence-electron chi connectivity index (χ3n) is 7.59. The second kappa shape index (κ2) is 5.60. The van der Waals surface area contributed by atoms with Gasteiger partial charge in [-0.05, 0) is 68.8 Å². The lowest BCUT2D eigenvalue weighted by atomic mass is 9.70. The number of benzene rings is 3. The van der Waals surface area contributed by atoms with Gasteiger partial charge in [0.25, 0.3) is 0 Å². The van der Waals surface area contributed by atoms with E-state index in [0.29, 0.717) is 0 Å². The SMILES string of the molecule is c1cnc2c(c1)Cc1cc3c(cc1-2)C1(c2ccccc2-3)c2ccccc2-c2ncccc21. The normalized spacial score (nSPS) is 18.0. The summed E-state index contributed by atoms with van der Waals surface area (Å²) in [6, 6.07) is 31.2. The number of nitrogens with zero attached hydrogens (tertiary/aromatic N) is 2. The fourth-order valence-corrected chi connectivity index (χ4v) is 6.43. The first-order valence-electron chi connectivity index (χ1n) is 11.1. The molecule has 1 spiro atoms. The van der Waals surface area contributed by atoms with Crippen LogP contribution in [-0.2, 0) is 11.8 Å². The quantitative estimate of drug-likeness (QED) is 0.292. The maximum Gasteiger partial charge on any atom is 0.0753 e. The lowest BCUT2D eigenvalue weighted by molar-refractivity contribution is 0.791. The molecule has 32 heavy (non-hydrogen) atoms. The average molecular weight is 406 g/mol. The van der Waals surface area contributed by atoms with Gasteiger partial charge in [0.1, 0.15) is 0 Å². The van der Waals surface area contributed by atoms with Gasteiger partial charge in [-0.3, -0.25) is 9.97 Å². The molecule has 148 valence electrons. The minimum atomic E-state index is -0.335. The summed E-state index contributed by atoms with van der Waals surface area (Å²) in [4.78, 5) is 9.63. The van der Waals surface area contributed by atoms with E-state index >= 15 is 0 Å². The highest BCUT2D eigenvalue weighted by atomic mass is 14.7. The summed E-state index contributed by atoms with van der Waals surface area (Å²) in [6.07, 6.45) is 4.78. The maximum atomic E-state index is 4.86. The number of hydrogen-bond donors (Lipinski definition) is 0. The van der Waals surface area contributed by atoms with Crippen LogP contribution < -0.4 is 0 Å². The van der Waals surface area contributed by atoms with Gasteiger partial charge >= 0.3 is 0 Å². The van der Waals surface area contributed by atoms with Gasteiger partial charge in [0.2, 0.25) is 0 Å². The van der Waals surface area contributed by atoms with Crippen LogP contribution >= 0.6 is 0 Å². The molecule has 0 fully saturated rings. The smallest absolute Gasteiger partial charge is 0.0753 e. The highest BCUT2D eigenvalue weighted by Gasteiger charge is 2.52. The molecule has 2 aromatic heterocycles. The van der Waals surface area contributed by atoms with Crippen molar-refractivity contribution in [2.45, 2.75) is 11.8 Å². The van der Waals surface area contributed by atoms with Crippen molar-refractivity contribution in [3.8, 4) is 33.6 Å². The molecule has 8 rings (SSSR count). The van der Waals surface area contributed by atoms with Gasteiger partial charge in [-0.15, -0.1) is 0 Å². The highest BCUT2D eigenvalue weighted by molar-refractivity contribution is 5.95. The van der Waals surface area contributed by atoms with Gasteiger partial charge in [-0.1, -0.05) is 60.7 Å². The van der Waals surface area contributed by atoms with E-state index in [1.54, 1.807) is 0 Å². The van der Waals surface area contributed by atoms with E-state index in [4.69, 9.17) is 9.97 Å². The highest BCUT2D eigenvalue weighted by Crippen LogP contribution is 2.63. The van der Waals surface area contributed by atoms with Gasteiger partial charge in [0.05, 0.1) is 16.8 Å². The fraction of sp³-hybridized carbons (Fsp3) is 0.0667. The van der Waals surface area contributed by atoms with E-state index < -0.39 is 0 Å². The molecular weight excluding hydrogens is 388 g/mol. The minimum absolute atomic E-state index is 0.335. The zero-order valence-electron chi connectivity index (χ0n) is 17.3. The fourth-order valence-electron chi connectivity index (χ4n) is 6.43. The molecule has 3 aromatic carbocycles. The van der Waals surface area contributed by atoms with Crippen molar-refractivity contribution >= 4 is 0 Å². The van der Waals surface area contributed by atoms with Crippen molar-refractivity contribution in [2.75, 3.05) is 0 Å². The first-order chi connectivity index (χ1) is 15.9. The van der Waals surface area contributed by atoms with Crippen LogP contribution in [-0.4, -0.2) is 9.97 Å². The van der Waals surface area contributed by atoms with Gasteiger partial charge in [0.15, 0.2) is 0 Å². The topological polar surface area (TPSA) is 25.8 Å². The minimum Gasteiger partial charge on any atom is -0.256 e. The monoisotopic (exact) mass is 406 g/mol. The van der Waals surface area contributed by atoms with E-state index in [0.717, 1.165) is 17.8 Å². The molecule has 0 radical (unpaired) electrons. The van der Waals surface area contributed by atoms with Gasteiger partial charge in [-0.25, -0.2) is 0 Å². The summed E-state index contributed by atoms with van der Waals surface area (Å²) in [5, 5.41) is 0. The Hall–Kier alpha value is -4.04. The van der Waals surface area contributed by atoms with E-state index in [-0.39, 0.29) is 5.41 Å². The largest absolute Gasteiger partial charge is 0.256 e. The van der Waals surface area contributed by atoms with Crippen LogP contribution in [0.25, 0.3) is 33.6 Å². The number of rotatable bonds is 0. The predicted molar refractivity (Wildman–Crippen MR) is 127 cm³/mol. The summed E-state index contributed by atoms with van der Waals surface area (Å²) in [5.41, 5.74) is 15.1. The van der Waals surface area contributed by atoms with Crippen LogP contribution in [0.15, 0.2) is 97.3 Å². The Kier molecular flexibility index (Phi) is 2.91. The molecule has 0 N–H and O–H groups in total. The Balaban J connectivity index is 1.56. The first kappa shape index (κ1) is 16.6. The zero-order valence-corrected chi connectivity index (χ0v) is 17.3. The Bertz CT molecular complexity index is 1570. The van der Waals surface area contributed by atoms with Crippen LogP contribution in [0.4, 0.5) is 0 Å². The molecule has 2 heterocycles. The molecule has 0 aliphatic heterocycles. The molecule has 0 saturated heterocycles. The Labute approximate surface area is 186 Å². The Morgan fingerprint density at radius 3 is 2.06 bits per heavy atom. The zero-order chi connectivity index (χ0) is 20.9. The van der Waals surface area contributed by atoms with Crippen molar-refractivity contribution in [2.24, 2.45) is 0 Å². The molecule has 1 atom stereocenters. The van der Waals surface area contributed by atoms with Crippen LogP contribution in [0.1, 0.15) is 33.4 Å². The average Bonchev–Trinajstić information content (AvgIpc) is 3.46. The summed E-state index contributed by atoms with van der Waals surface area (Å²) >= 11 is 0. The maximum absolute atomic E-state index is 4.86. The van der Waals surface area contributed by atoms with Crippen LogP contribution in [0, 0.1) is 0 Å². The van der Waals surface area contributed by atoms with Gasteiger partial charge < -0.3 is 0 Å². The molecular formula is C30H18N2. The third kappa shape index (κ3) is 1.76. The van der Waals surface area contributed by atoms with Gasteiger partial charge in [-0.2, -0.15) is 0 Å². The molecule has 2 nitrogen and oxygen atoms in total. The van der Waals surface area contributed by atoms with E-state index in [1.165, 1.54) is 55.6 Å². The van der Waals surface area contributed by atoms with Crippen molar-refractivity contribution in [1.29, 1.82) is 0 Å². The standard InChI is InChI=1S/C30H18N2/c1-3-10-24-20(8-1)23-16-19-15-18-7-5-13-31-28(18)22(19)17-27(23)30(24)25-11-4-2-9-21(25)29-26(30)12-6-14-32-29/h1-14,16-17H,15H2. The molecule has 3 aliphatic carbocycles. The molecule has 1 unspecified atom stereocenters. The lowest BCUT2D eigenvalue weighted by Crippen LogP contribution is -2.26. The predicted octanol–water partition coefficient (Wildman–Crippen LogP) is 6.39. The molecule has 0 amide bonds. The van der Waals surface area contributed by atoms with Crippen LogP contribution in [0.5, 0.6) is 0 Å². The van der Waals surface area contributed by atoms with Gasteiger partial charge in [0, 0.05) is 29.9 Å². The second-order valence-corrected chi connectivity index (χ2v) is 8.98. The van der Waals surface area contributed by atoms with Crippen molar-refractivity contribution in [1.82, 2.24) is 9.97 Å². The molecule has 0 bridgehead atoms. The molecule has 5 aromatic rings. The second-order valence-electron chi connectivity index (χ2n) is 8.98. The number of pyridine rings is 2. The van der Waals surface area contributed by atoms with Crippen molar-refractivity contribution < 1.29 is 0 Å². The third-order valence-corrected chi connectivity index (χ3v) is 7.59. The summed E-state index contributed by atoms with van der Waals surface area (Å²) in [7, 11) is 0. The Morgan fingerprint density at radius 1 is 0.500 bits per heavy atom. The summed E-state index contributed by atoms with van der Waals surface area (Å²) in [5.74, 6) is 0.